The maximum atomic E-state index is 12.5. The van der Waals surface area contributed by atoms with Gasteiger partial charge in [-0.3, -0.25) is 4.79 Å². The fraction of sp³-hybridized carbons (Fsp3) is 0.292. The molecular formula is C24H25BrN2O6. The molecule has 1 amide bonds. The van der Waals surface area contributed by atoms with Crippen LogP contribution in [-0.2, 0) is 20.9 Å². The van der Waals surface area contributed by atoms with Gasteiger partial charge in [-0.2, -0.15) is 5.26 Å². The van der Waals surface area contributed by atoms with Gasteiger partial charge in [-0.25, -0.2) is 4.79 Å². The summed E-state index contributed by atoms with van der Waals surface area (Å²) in [5, 5.41) is 12.2. The molecule has 0 radical (unpaired) electrons. The van der Waals surface area contributed by atoms with Gasteiger partial charge in [0.2, 0.25) is 0 Å². The van der Waals surface area contributed by atoms with E-state index >= 15 is 0 Å². The summed E-state index contributed by atoms with van der Waals surface area (Å²) in [6, 6.07) is 12.5. The van der Waals surface area contributed by atoms with Gasteiger partial charge in [-0.15, -0.1) is 0 Å². The number of hydrogen-bond donors (Lipinski definition) is 1. The zero-order chi connectivity index (χ0) is 24.2. The molecule has 2 rings (SSSR count). The molecule has 0 spiro atoms. The highest BCUT2D eigenvalue weighted by Crippen LogP contribution is 2.37. The second kappa shape index (κ2) is 13.1. The van der Waals surface area contributed by atoms with Gasteiger partial charge < -0.3 is 24.3 Å². The van der Waals surface area contributed by atoms with Gasteiger partial charge in [0.25, 0.3) is 5.91 Å². The third-order valence-corrected chi connectivity index (χ3v) is 4.85. The van der Waals surface area contributed by atoms with Gasteiger partial charge in [0, 0.05) is 6.54 Å². The molecule has 0 unspecified atom stereocenters. The average molecular weight is 517 g/mol. The van der Waals surface area contributed by atoms with Crippen LogP contribution in [0.15, 0.2) is 46.4 Å². The number of nitriles is 1. The van der Waals surface area contributed by atoms with E-state index in [1.54, 1.807) is 45.2 Å². The number of nitrogens with one attached hydrogen (secondary N) is 1. The fourth-order valence-corrected chi connectivity index (χ4v) is 3.32. The monoisotopic (exact) mass is 516 g/mol. The van der Waals surface area contributed by atoms with Crippen molar-refractivity contribution < 1.29 is 28.5 Å². The second-order valence-electron chi connectivity index (χ2n) is 6.56. The van der Waals surface area contributed by atoms with Crippen LogP contribution in [0.1, 0.15) is 25.0 Å². The summed E-state index contributed by atoms with van der Waals surface area (Å²) >= 11 is 3.40. The van der Waals surface area contributed by atoms with Crippen LogP contribution >= 0.6 is 15.9 Å². The van der Waals surface area contributed by atoms with E-state index in [4.69, 9.17) is 18.9 Å². The van der Waals surface area contributed by atoms with Crippen LogP contribution in [0.5, 0.6) is 17.2 Å². The van der Waals surface area contributed by atoms with Crippen LogP contribution in [-0.4, -0.2) is 38.8 Å². The Morgan fingerprint density at radius 2 is 1.85 bits per heavy atom. The zero-order valence-electron chi connectivity index (χ0n) is 18.6. The highest BCUT2D eigenvalue weighted by Gasteiger charge is 2.16. The number of rotatable bonds is 11. The Hall–Kier alpha value is -3.51. The molecule has 0 bridgehead atoms. The normalized spacial score (nSPS) is 10.7. The molecule has 0 atom stereocenters. The minimum Gasteiger partial charge on any atom is -0.497 e. The van der Waals surface area contributed by atoms with Crippen molar-refractivity contribution >= 4 is 33.9 Å². The molecule has 8 nitrogen and oxygen atoms in total. The fourth-order valence-electron chi connectivity index (χ4n) is 2.74. The number of carbonyl (C=O) groups excluding carboxylic acids is 2. The molecule has 174 valence electrons. The third-order valence-electron chi connectivity index (χ3n) is 4.26. The first-order valence-electron chi connectivity index (χ1n) is 10.2. The molecule has 0 fully saturated rings. The van der Waals surface area contributed by atoms with Crippen LogP contribution in [0.2, 0.25) is 0 Å². The first-order valence-corrected chi connectivity index (χ1v) is 11.0. The van der Waals surface area contributed by atoms with Crippen molar-refractivity contribution in [3.8, 4) is 23.3 Å². The van der Waals surface area contributed by atoms with Crippen LogP contribution in [0.25, 0.3) is 6.08 Å². The van der Waals surface area contributed by atoms with E-state index in [1.165, 1.54) is 6.08 Å². The number of amides is 1. The molecule has 1 N–H and O–H groups in total. The summed E-state index contributed by atoms with van der Waals surface area (Å²) < 4.78 is 21.7. The van der Waals surface area contributed by atoms with E-state index in [0.717, 1.165) is 5.56 Å². The van der Waals surface area contributed by atoms with Crippen molar-refractivity contribution in [3.05, 3.63) is 57.6 Å². The lowest BCUT2D eigenvalue weighted by Crippen LogP contribution is -2.23. The Labute approximate surface area is 201 Å². The molecule has 2 aromatic carbocycles. The Morgan fingerprint density at radius 3 is 2.45 bits per heavy atom. The standard InChI is InChI=1S/C24H25BrN2O6/c1-4-31-21-12-17(11-20(25)23(21)33-15-22(28)32-5-2)10-18(13-26)24(29)27-14-16-6-8-19(30-3)9-7-16/h6-12H,4-5,14-15H2,1-3H3,(H,27,29)/b18-10-. The number of methoxy groups -OCH3 is 1. The summed E-state index contributed by atoms with van der Waals surface area (Å²) in [4.78, 5) is 24.2. The Bertz CT molecular complexity index is 1040. The summed E-state index contributed by atoms with van der Waals surface area (Å²) in [7, 11) is 1.58. The van der Waals surface area contributed by atoms with Crippen molar-refractivity contribution in [1.29, 1.82) is 5.26 Å². The molecule has 0 aromatic heterocycles. The van der Waals surface area contributed by atoms with Crippen molar-refractivity contribution in [1.82, 2.24) is 5.32 Å². The molecular weight excluding hydrogens is 492 g/mol. The number of esters is 1. The van der Waals surface area contributed by atoms with E-state index in [-0.39, 0.29) is 25.3 Å². The Balaban J connectivity index is 2.18. The molecule has 0 aliphatic heterocycles. The molecule has 0 saturated carbocycles. The van der Waals surface area contributed by atoms with Crippen molar-refractivity contribution in [2.75, 3.05) is 26.9 Å². The predicted octanol–water partition coefficient (Wildman–Crippen LogP) is 4.02. The van der Waals surface area contributed by atoms with Gasteiger partial charge in [0.1, 0.15) is 17.4 Å². The van der Waals surface area contributed by atoms with Crippen molar-refractivity contribution in [2.45, 2.75) is 20.4 Å². The van der Waals surface area contributed by atoms with E-state index in [2.05, 4.69) is 21.2 Å². The van der Waals surface area contributed by atoms with E-state index in [9.17, 15) is 14.9 Å². The highest BCUT2D eigenvalue weighted by atomic mass is 79.9. The molecule has 0 aliphatic rings. The smallest absolute Gasteiger partial charge is 0.344 e. The lowest BCUT2D eigenvalue weighted by atomic mass is 10.1. The number of halogens is 1. The van der Waals surface area contributed by atoms with Crippen LogP contribution in [0.4, 0.5) is 0 Å². The molecule has 0 saturated heterocycles. The average Bonchev–Trinajstić information content (AvgIpc) is 2.81. The Kier molecular flexibility index (Phi) is 10.2. The van der Waals surface area contributed by atoms with E-state index in [1.807, 2.05) is 18.2 Å². The summed E-state index contributed by atoms with van der Waals surface area (Å²) in [5.41, 5.74) is 1.34. The molecule has 33 heavy (non-hydrogen) atoms. The Morgan fingerprint density at radius 1 is 1.12 bits per heavy atom. The lowest BCUT2D eigenvalue weighted by Gasteiger charge is -2.14. The zero-order valence-corrected chi connectivity index (χ0v) is 20.2. The number of benzene rings is 2. The highest BCUT2D eigenvalue weighted by molar-refractivity contribution is 9.10. The lowest BCUT2D eigenvalue weighted by molar-refractivity contribution is -0.145. The molecule has 2 aromatic rings. The predicted molar refractivity (Wildman–Crippen MR) is 126 cm³/mol. The molecule has 9 heteroatoms. The largest absolute Gasteiger partial charge is 0.497 e. The van der Waals surface area contributed by atoms with Crippen LogP contribution in [0.3, 0.4) is 0 Å². The van der Waals surface area contributed by atoms with Crippen molar-refractivity contribution in [2.24, 2.45) is 0 Å². The summed E-state index contributed by atoms with van der Waals surface area (Å²) in [6.45, 7) is 4.10. The third kappa shape index (κ3) is 7.84. The second-order valence-corrected chi connectivity index (χ2v) is 7.41. The van der Waals surface area contributed by atoms with E-state index in [0.29, 0.717) is 33.9 Å². The molecule has 0 heterocycles. The van der Waals surface area contributed by atoms with Gasteiger partial charge >= 0.3 is 5.97 Å². The van der Waals surface area contributed by atoms with Gasteiger partial charge in [-0.1, -0.05) is 12.1 Å². The van der Waals surface area contributed by atoms with Crippen LogP contribution < -0.4 is 19.5 Å². The topological polar surface area (TPSA) is 107 Å². The van der Waals surface area contributed by atoms with E-state index < -0.39 is 11.9 Å². The first-order chi connectivity index (χ1) is 15.9. The number of ether oxygens (including phenoxy) is 4. The summed E-state index contributed by atoms with van der Waals surface area (Å²) in [5.74, 6) is 0.386. The van der Waals surface area contributed by atoms with Crippen molar-refractivity contribution in [3.63, 3.8) is 0 Å². The quantitative estimate of drug-likeness (QED) is 0.273. The maximum absolute atomic E-state index is 12.5. The SMILES string of the molecule is CCOC(=O)COc1c(Br)cc(/C=C(/C#N)C(=O)NCc2ccc(OC)cc2)cc1OCC. The van der Waals surface area contributed by atoms with Gasteiger partial charge in [0.15, 0.2) is 18.1 Å². The minimum atomic E-state index is -0.509. The van der Waals surface area contributed by atoms with Gasteiger partial charge in [-0.05, 0) is 71.2 Å². The summed E-state index contributed by atoms with van der Waals surface area (Å²) in [6.07, 6.45) is 1.45. The van der Waals surface area contributed by atoms with Gasteiger partial charge in [0.05, 0.1) is 24.8 Å². The minimum absolute atomic E-state index is 0.0712. The number of carbonyl (C=O) groups is 2. The number of nitrogens with zero attached hydrogens (tertiary/aromatic N) is 1. The van der Waals surface area contributed by atoms with Crippen LogP contribution in [0, 0.1) is 11.3 Å². The molecule has 0 aliphatic carbocycles. The first kappa shape index (κ1) is 25.7. The number of hydrogen-bond acceptors (Lipinski definition) is 7. The maximum Gasteiger partial charge on any atom is 0.344 e.